The van der Waals surface area contributed by atoms with Crippen LogP contribution in [0.4, 0.5) is 0 Å². The number of carbonyl (C=O) groups excluding carboxylic acids is 1. The maximum absolute atomic E-state index is 11.0. The van der Waals surface area contributed by atoms with Crippen LogP contribution in [-0.4, -0.2) is 44.1 Å². The van der Waals surface area contributed by atoms with Crippen molar-refractivity contribution in [1.82, 2.24) is 5.32 Å². The topological polar surface area (TPSA) is 83.5 Å². The molecule has 0 heterocycles. The fourth-order valence-corrected chi connectivity index (χ4v) is 1.75. The largest absolute Gasteiger partial charge is 0.395 e. The lowest BCUT2D eigenvalue weighted by Crippen LogP contribution is -2.26. The van der Waals surface area contributed by atoms with Gasteiger partial charge in [-0.1, -0.05) is 0 Å². The fourth-order valence-electron chi connectivity index (χ4n) is 0.775. The standard InChI is InChI=1S/C7H15NO4S/c1-2-8-7(10)3-5-13(11,12)6-4-9/h9H,2-6H2,1H3,(H,8,10). The van der Waals surface area contributed by atoms with E-state index in [1.54, 1.807) is 6.92 Å². The number of hydrogen-bond donors (Lipinski definition) is 2. The minimum absolute atomic E-state index is 0.0316. The molecule has 0 unspecified atom stereocenters. The predicted molar refractivity (Wildman–Crippen MR) is 49.0 cm³/mol. The summed E-state index contributed by atoms with van der Waals surface area (Å²) in [6.45, 7) is 1.87. The molecule has 0 aliphatic rings. The van der Waals surface area contributed by atoms with E-state index in [9.17, 15) is 13.2 Å². The van der Waals surface area contributed by atoms with Gasteiger partial charge in [0.15, 0.2) is 9.84 Å². The fraction of sp³-hybridized carbons (Fsp3) is 0.857. The van der Waals surface area contributed by atoms with Crippen molar-refractivity contribution in [2.24, 2.45) is 0 Å². The zero-order chi connectivity index (χ0) is 10.3. The van der Waals surface area contributed by atoms with E-state index in [2.05, 4.69) is 5.32 Å². The number of nitrogens with one attached hydrogen (secondary N) is 1. The number of aliphatic hydroxyl groups excluding tert-OH is 1. The lowest BCUT2D eigenvalue weighted by molar-refractivity contribution is -0.120. The van der Waals surface area contributed by atoms with Crippen LogP contribution in [0.1, 0.15) is 13.3 Å². The molecule has 78 valence electrons. The van der Waals surface area contributed by atoms with Crippen LogP contribution in [0, 0.1) is 0 Å². The molecule has 0 fully saturated rings. The van der Waals surface area contributed by atoms with E-state index < -0.39 is 16.4 Å². The minimum Gasteiger partial charge on any atom is -0.395 e. The molecular formula is C7H15NO4S. The van der Waals surface area contributed by atoms with Crippen molar-refractivity contribution in [2.45, 2.75) is 13.3 Å². The first-order valence-corrected chi connectivity index (χ1v) is 5.92. The van der Waals surface area contributed by atoms with Crippen molar-refractivity contribution < 1.29 is 18.3 Å². The number of amides is 1. The maximum atomic E-state index is 11.0. The Hall–Kier alpha value is -0.620. The van der Waals surface area contributed by atoms with Crippen LogP contribution in [0.5, 0.6) is 0 Å². The van der Waals surface area contributed by atoms with E-state index in [1.807, 2.05) is 0 Å². The Kier molecular flexibility index (Phi) is 5.65. The van der Waals surface area contributed by atoms with Crippen LogP contribution in [0.2, 0.25) is 0 Å². The molecule has 0 aliphatic heterocycles. The lowest BCUT2D eigenvalue weighted by atomic mass is 10.4. The molecular weight excluding hydrogens is 194 g/mol. The molecule has 0 saturated heterocycles. The average Bonchev–Trinajstić information content (AvgIpc) is 2.02. The van der Waals surface area contributed by atoms with E-state index in [0.29, 0.717) is 6.54 Å². The van der Waals surface area contributed by atoms with Crippen LogP contribution in [0.3, 0.4) is 0 Å². The van der Waals surface area contributed by atoms with Crippen molar-refractivity contribution in [3.05, 3.63) is 0 Å². The van der Waals surface area contributed by atoms with Crippen molar-refractivity contribution in [3.63, 3.8) is 0 Å². The summed E-state index contributed by atoms with van der Waals surface area (Å²) in [6, 6.07) is 0. The normalized spacial score (nSPS) is 11.2. The molecule has 2 N–H and O–H groups in total. The van der Waals surface area contributed by atoms with Gasteiger partial charge in [-0.25, -0.2) is 8.42 Å². The van der Waals surface area contributed by atoms with Gasteiger partial charge in [-0.2, -0.15) is 0 Å². The molecule has 0 aromatic heterocycles. The molecule has 13 heavy (non-hydrogen) atoms. The van der Waals surface area contributed by atoms with Gasteiger partial charge in [0.25, 0.3) is 0 Å². The average molecular weight is 209 g/mol. The van der Waals surface area contributed by atoms with Gasteiger partial charge in [-0.15, -0.1) is 0 Å². The molecule has 0 radical (unpaired) electrons. The van der Waals surface area contributed by atoms with Crippen LogP contribution in [0.15, 0.2) is 0 Å². The third-order valence-electron chi connectivity index (χ3n) is 1.42. The van der Waals surface area contributed by atoms with Gasteiger partial charge in [0, 0.05) is 13.0 Å². The van der Waals surface area contributed by atoms with Gasteiger partial charge >= 0.3 is 0 Å². The van der Waals surface area contributed by atoms with Gasteiger partial charge in [-0.3, -0.25) is 4.79 Å². The molecule has 1 amide bonds. The predicted octanol–water partition coefficient (Wildman–Crippen LogP) is -1.08. The molecule has 0 bridgehead atoms. The van der Waals surface area contributed by atoms with Gasteiger partial charge < -0.3 is 10.4 Å². The van der Waals surface area contributed by atoms with E-state index in [-0.39, 0.29) is 23.8 Å². The highest BCUT2D eigenvalue weighted by Crippen LogP contribution is 1.93. The van der Waals surface area contributed by atoms with Crippen LogP contribution in [-0.2, 0) is 14.6 Å². The second-order valence-corrected chi connectivity index (χ2v) is 4.88. The first-order valence-electron chi connectivity index (χ1n) is 4.10. The summed E-state index contributed by atoms with van der Waals surface area (Å²) in [6.07, 6.45) is -0.0316. The summed E-state index contributed by atoms with van der Waals surface area (Å²) >= 11 is 0. The van der Waals surface area contributed by atoms with Crippen LogP contribution in [0.25, 0.3) is 0 Å². The molecule has 0 spiro atoms. The molecule has 6 heteroatoms. The highest BCUT2D eigenvalue weighted by atomic mass is 32.2. The summed E-state index contributed by atoms with van der Waals surface area (Å²) in [5.41, 5.74) is 0. The highest BCUT2D eigenvalue weighted by molar-refractivity contribution is 7.91. The van der Waals surface area contributed by atoms with E-state index >= 15 is 0 Å². The van der Waals surface area contributed by atoms with Crippen molar-refractivity contribution >= 4 is 15.7 Å². The molecule has 0 rings (SSSR count). The third-order valence-corrected chi connectivity index (χ3v) is 3.05. The summed E-state index contributed by atoms with van der Waals surface area (Å²) in [7, 11) is -3.26. The second-order valence-electron chi connectivity index (χ2n) is 2.58. The zero-order valence-electron chi connectivity index (χ0n) is 7.62. The van der Waals surface area contributed by atoms with E-state index in [4.69, 9.17) is 5.11 Å². The summed E-state index contributed by atoms with van der Waals surface area (Å²) < 4.78 is 22.0. The van der Waals surface area contributed by atoms with E-state index in [1.165, 1.54) is 0 Å². The Morgan fingerprint density at radius 2 is 2.00 bits per heavy atom. The Balaban J connectivity index is 3.81. The molecule has 0 saturated carbocycles. The SMILES string of the molecule is CCNC(=O)CCS(=O)(=O)CCO. The summed E-state index contributed by atoms with van der Waals surface area (Å²) in [5, 5.41) is 10.9. The molecule has 0 aliphatic carbocycles. The summed E-state index contributed by atoms with van der Waals surface area (Å²) in [5.74, 6) is -0.741. The highest BCUT2D eigenvalue weighted by Gasteiger charge is 2.11. The van der Waals surface area contributed by atoms with Gasteiger partial charge in [0.05, 0.1) is 18.1 Å². The van der Waals surface area contributed by atoms with Crippen molar-refractivity contribution in [1.29, 1.82) is 0 Å². The van der Waals surface area contributed by atoms with Crippen molar-refractivity contribution in [3.8, 4) is 0 Å². The Labute approximate surface area is 78.1 Å². The first kappa shape index (κ1) is 12.4. The van der Waals surface area contributed by atoms with Crippen LogP contribution < -0.4 is 5.32 Å². The van der Waals surface area contributed by atoms with Crippen LogP contribution >= 0.6 is 0 Å². The monoisotopic (exact) mass is 209 g/mol. The Morgan fingerprint density at radius 1 is 1.38 bits per heavy atom. The zero-order valence-corrected chi connectivity index (χ0v) is 8.43. The van der Waals surface area contributed by atoms with Gasteiger partial charge in [0.2, 0.25) is 5.91 Å². The van der Waals surface area contributed by atoms with E-state index in [0.717, 1.165) is 0 Å². The molecule has 5 nitrogen and oxygen atoms in total. The maximum Gasteiger partial charge on any atom is 0.221 e. The van der Waals surface area contributed by atoms with Gasteiger partial charge in [-0.05, 0) is 6.92 Å². The lowest BCUT2D eigenvalue weighted by Gasteiger charge is -2.02. The number of sulfone groups is 1. The Morgan fingerprint density at radius 3 is 2.46 bits per heavy atom. The van der Waals surface area contributed by atoms with Gasteiger partial charge in [0.1, 0.15) is 0 Å². The second kappa shape index (κ2) is 5.93. The first-order chi connectivity index (χ1) is 6.02. The molecule has 0 aromatic rings. The Bertz CT molecular complexity index is 247. The third kappa shape index (κ3) is 6.53. The number of aliphatic hydroxyl groups is 1. The molecule has 0 aromatic carbocycles. The smallest absolute Gasteiger partial charge is 0.221 e. The minimum atomic E-state index is -3.26. The van der Waals surface area contributed by atoms with Crippen molar-refractivity contribution in [2.75, 3.05) is 24.7 Å². The number of rotatable bonds is 6. The molecule has 0 atom stereocenters. The summed E-state index contributed by atoms with van der Waals surface area (Å²) in [4.78, 5) is 10.9. The quantitative estimate of drug-likeness (QED) is 0.583. The number of carbonyl (C=O) groups is 1. The number of hydrogen-bond acceptors (Lipinski definition) is 4.